The molecule has 0 radical (unpaired) electrons. The maximum Gasteiger partial charge on any atom is 0.220 e. The van der Waals surface area contributed by atoms with Crippen LogP contribution in [0.5, 0.6) is 0 Å². The van der Waals surface area contributed by atoms with E-state index in [1.165, 1.54) is 0 Å². The Bertz CT molecular complexity index is 542. The van der Waals surface area contributed by atoms with Crippen LogP contribution in [-0.4, -0.2) is 31.4 Å². The lowest BCUT2D eigenvalue weighted by Crippen LogP contribution is -2.31. The molecule has 1 aliphatic heterocycles. The number of nitrogens with zero attached hydrogens (tertiary/aromatic N) is 5. The van der Waals surface area contributed by atoms with Crippen molar-refractivity contribution in [2.75, 3.05) is 12.3 Å². The van der Waals surface area contributed by atoms with Crippen molar-refractivity contribution in [2.45, 2.75) is 19.5 Å². The van der Waals surface area contributed by atoms with Crippen LogP contribution in [0.2, 0.25) is 0 Å². The minimum atomic E-state index is 0.360. The molecule has 0 saturated carbocycles. The molecule has 0 unspecified atom stereocenters. The van der Waals surface area contributed by atoms with E-state index >= 15 is 0 Å². The van der Waals surface area contributed by atoms with E-state index in [0.717, 1.165) is 42.9 Å². The van der Waals surface area contributed by atoms with Gasteiger partial charge in [0, 0.05) is 55.8 Å². The molecule has 0 saturated heterocycles. The van der Waals surface area contributed by atoms with E-state index in [2.05, 4.69) is 24.8 Å². The molecule has 0 fully saturated rings. The molecule has 92 valence electrons. The van der Waals surface area contributed by atoms with Gasteiger partial charge in [0.05, 0.1) is 5.69 Å². The Hall–Kier alpha value is -2.08. The minimum Gasteiger partial charge on any atom is -0.368 e. The molecule has 2 N–H and O–H groups in total. The van der Waals surface area contributed by atoms with Crippen LogP contribution in [0, 0.1) is 0 Å². The SMILES string of the molecule is Nc1ncc2c(n1)CCN(Cc1cncnc1)C2. The van der Waals surface area contributed by atoms with E-state index in [9.17, 15) is 0 Å². The molecule has 0 amide bonds. The van der Waals surface area contributed by atoms with Gasteiger partial charge in [-0.15, -0.1) is 0 Å². The lowest BCUT2D eigenvalue weighted by molar-refractivity contribution is 0.242. The highest BCUT2D eigenvalue weighted by Gasteiger charge is 2.18. The van der Waals surface area contributed by atoms with Crippen LogP contribution in [0.1, 0.15) is 16.8 Å². The van der Waals surface area contributed by atoms with Crippen LogP contribution in [-0.2, 0) is 19.5 Å². The molecule has 0 aromatic carbocycles. The maximum absolute atomic E-state index is 5.59. The van der Waals surface area contributed by atoms with Gasteiger partial charge < -0.3 is 5.73 Å². The second-order valence-corrected chi connectivity index (χ2v) is 4.41. The molecular weight excluding hydrogens is 228 g/mol. The van der Waals surface area contributed by atoms with E-state index in [-0.39, 0.29) is 0 Å². The smallest absolute Gasteiger partial charge is 0.220 e. The number of hydrogen-bond acceptors (Lipinski definition) is 6. The summed E-state index contributed by atoms with van der Waals surface area (Å²) in [6.45, 7) is 2.67. The zero-order valence-electron chi connectivity index (χ0n) is 9.95. The number of rotatable bonds is 2. The lowest BCUT2D eigenvalue weighted by Gasteiger charge is -2.27. The number of fused-ring (bicyclic) bond motifs is 1. The molecule has 1 aliphatic rings. The molecule has 18 heavy (non-hydrogen) atoms. The molecule has 0 aliphatic carbocycles. The first-order valence-electron chi connectivity index (χ1n) is 5.88. The van der Waals surface area contributed by atoms with Gasteiger partial charge in [0.15, 0.2) is 0 Å². The number of aromatic nitrogens is 4. The van der Waals surface area contributed by atoms with Crippen LogP contribution >= 0.6 is 0 Å². The van der Waals surface area contributed by atoms with E-state index in [1.54, 1.807) is 6.33 Å². The van der Waals surface area contributed by atoms with E-state index in [0.29, 0.717) is 5.95 Å². The number of anilines is 1. The molecule has 6 heteroatoms. The van der Waals surface area contributed by atoms with E-state index in [4.69, 9.17) is 5.73 Å². The van der Waals surface area contributed by atoms with Crippen LogP contribution in [0.15, 0.2) is 24.9 Å². The third kappa shape index (κ3) is 2.28. The molecule has 2 aromatic rings. The Morgan fingerprint density at radius 1 is 1.22 bits per heavy atom. The van der Waals surface area contributed by atoms with Crippen LogP contribution in [0.25, 0.3) is 0 Å². The number of hydrogen-bond donors (Lipinski definition) is 1. The largest absolute Gasteiger partial charge is 0.368 e. The van der Waals surface area contributed by atoms with E-state index < -0.39 is 0 Å². The first-order valence-corrected chi connectivity index (χ1v) is 5.88. The Balaban J connectivity index is 1.73. The first-order chi connectivity index (χ1) is 8.81. The summed E-state index contributed by atoms with van der Waals surface area (Å²) in [6, 6.07) is 0. The topological polar surface area (TPSA) is 80.8 Å². The number of nitrogens with two attached hydrogens (primary N) is 1. The quantitative estimate of drug-likeness (QED) is 0.821. The van der Waals surface area contributed by atoms with Gasteiger partial charge in [-0.1, -0.05) is 0 Å². The summed E-state index contributed by atoms with van der Waals surface area (Å²) in [6.07, 6.45) is 7.98. The lowest BCUT2D eigenvalue weighted by atomic mass is 10.1. The van der Waals surface area contributed by atoms with Gasteiger partial charge in [0.2, 0.25) is 5.95 Å². The van der Waals surface area contributed by atoms with Gasteiger partial charge in [0.1, 0.15) is 6.33 Å². The van der Waals surface area contributed by atoms with Crippen LogP contribution in [0.3, 0.4) is 0 Å². The number of nitrogen functional groups attached to an aromatic ring is 1. The fraction of sp³-hybridized carbons (Fsp3) is 0.333. The Kier molecular flexibility index (Phi) is 2.85. The Morgan fingerprint density at radius 2 is 2.06 bits per heavy atom. The predicted octanol–water partition coefficient (Wildman–Crippen LogP) is 0.407. The fourth-order valence-corrected chi connectivity index (χ4v) is 2.19. The molecule has 3 rings (SSSR count). The summed E-state index contributed by atoms with van der Waals surface area (Å²) in [4.78, 5) is 18.7. The fourth-order valence-electron chi connectivity index (χ4n) is 2.19. The van der Waals surface area contributed by atoms with Gasteiger partial charge in [-0.3, -0.25) is 4.90 Å². The van der Waals surface area contributed by atoms with Crippen molar-refractivity contribution in [2.24, 2.45) is 0 Å². The molecule has 3 heterocycles. The van der Waals surface area contributed by atoms with Crippen LogP contribution in [0.4, 0.5) is 5.95 Å². The van der Waals surface area contributed by atoms with Gasteiger partial charge in [-0.05, 0) is 0 Å². The zero-order chi connectivity index (χ0) is 12.4. The summed E-state index contributed by atoms with van der Waals surface area (Å²) in [5.41, 5.74) is 8.94. The van der Waals surface area contributed by atoms with Crippen molar-refractivity contribution >= 4 is 5.95 Å². The van der Waals surface area contributed by atoms with Crippen molar-refractivity contribution in [1.82, 2.24) is 24.8 Å². The molecule has 0 bridgehead atoms. The molecular formula is C12H14N6. The predicted molar refractivity (Wildman–Crippen MR) is 66.3 cm³/mol. The Labute approximate surface area is 105 Å². The summed E-state index contributed by atoms with van der Waals surface area (Å²) >= 11 is 0. The average Bonchev–Trinajstić information content (AvgIpc) is 2.40. The van der Waals surface area contributed by atoms with Crippen molar-refractivity contribution < 1.29 is 0 Å². The normalized spacial score (nSPS) is 15.3. The highest BCUT2D eigenvalue weighted by Crippen LogP contribution is 2.18. The second kappa shape index (κ2) is 4.66. The summed E-state index contributed by atoms with van der Waals surface area (Å²) < 4.78 is 0. The van der Waals surface area contributed by atoms with Crippen molar-refractivity contribution in [3.63, 3.8) is 0 Å². The van der Waals surface area contributed by atoms with Crippen LogP contribution < -0.4 is 5.73 Å². The summed E-state index contributed by atoms with van der Waals surface area (Å²) in [7, 11) is 0. The average molecular weight is 242 g/mol. The molecule has 0 atom stereocenters. The van der Waals surface area contributed by atoms with Gasteiger partial charge in [-0.2, -0.15) is 0 Å². The molecule has 6 nitrogen and oxygen atoms in total. The third-order valence-corrected chi connectivity index (χ3v) is 3.05. The van der Waals surface area contributed by atoms with Gasteiger partial charge in [0.25, 0.3) is 0 Å². The first kappa shape index (κ1) is 11.0. The summed E-state index contributed by atoms with van der Waals surface area (Å²) in [5.74, 6) is 0.360. The van der Waals surface area contributed by atoms with Gasteiger partial charge >= 0.3 is 0 Å². The monoisotopic (exact) mass is 242 g/mol. The van der Waals surface area contributed by atoms with Gasteiger partial charge in [-0.25, -0.2) is 19.9 Å². The van der Waals surface area contributed by atoms with Crippen molar-refractivity contribution in [3.8, 4) is 0 Å². The minimum absolute atomic E-state index is 0.360. The summed E-state index contributed by atoms with van der Waals surface area (Å²) in [5, 5.41) is 0. The van der Waals surface area contributed by atoms with Crippen molar-refractivity contribution in [1.29, 1.82) is 0 Å². The second-order valence-electron chi connectivity index (χ2n) is 4.41. The zero-order valence-corrected chi connectivity index (χ0v) is 9.95. The maximum atomic E-state index is 5.59. The molecule has 0 spiro atoms. The standard InChI is InChI=1S/C12H14N6/c13-12-16-5-10-7-18(2-1-11(10)17-12)6-9-3-14-8-15-4-9/h3-5,8H,1-2,6-7H2,(H2,13,16,17). The highest BCUT2D eigenvalue weighted by molar-refractivity contribution is 5.27. The molecule has 2 aromatic heterocycles. The van der Waals surface area contributed by atoms with E-state index in [1.807, 2.05) is 18.6 Å². The highest BCUT2D eigenvalue weighted by atomic mass is 15.1. The third-order valence-electron chi connectivity index (χ3n) is 3.05. The van der Waals surface area contributed by atoms with Crippen molar-refractivity contribution in [3.05, 3.63) is 41.7 Å². The Morgan fingerprint density at radius 3 is 2.89 bits per heavy atom.